The summed E-state index contributed by atoms with van der Waals surface area (Å²) in [6.07, 6.45) is 3.92. The van der Waals surface area contributed by atoms with E-state index < -0.39 is 12.0 Å². The van der Waals surface area contributed by atoms with Gasteiger partial charge in [-0.25, -0.2) is 4.84 Å². The first kappa shape index (κ1) is 16.5. The van der Waals surface area contributed by atoms with Crippen LogP contribution in [0, 0.1) is 6.92 Å². The van der Waals surface area contributed by atoms with Crippen molar-refractivity contribution in [1.82, 2.24) is 14.4 Å². The van der Waals surface area contributed by atoms with Crippen LogP contribution in [0.4, 0.5) is 0 Å². The molecular weight excluding hydrogens is 326 g/mol. The standard InChI is InChI=1S/C18H18ClN3O2/c1-12-15(9-16(21-19)18(23)24)14-6-2-3-7-17(14)22(12)11-13-5-4-8-20-10-13/h2-8,10,16,21H,9,11H2,1H3,(H,23,24)/t16-/m0/s1. The number of hydrogen-bond donors (Lipinski definition) is 2. The first-order valence-electron chi connectivity index (χ1n) is 7.66. The summed E-state index contributed by atoms with van der Waals surface area (Å²) >= 11 is 5.61. The summed E-state index contributed by atoms with van der Waals surface area (Å²) in [6, 6.07) is 11.1. The average molecular weight is 344 g/mol. The summed E-state index contributed by atoms with van der Waals surface area (Å²) in [7, 11) is 0. The summed E-state index contributed by atoms with van der Waals surface area (Å²) in [5.41, 5.74) is 4.21. The maximum Gasteiger partial charge on any atom is 0.322 e. The van der Waals surface area contributed by atoms with Gasteiger partial charge in [-0.15, -0.1) is 0 Å². The van der Waals surface area contributed by atoms with E-state index in [9.17, 15) is 9.90 Å². The molecule has 0 unspecified atom stereocenters. The van der Waals surface area contributed by atoms with E-state index in [-0.39, 0.29) is 0 Å². The van der Waals surface area contributed by atoms with E-state index in [0.717, 1.165) is 27.7 Å². The van der Waals surface area contributed by atoms with Gasteiger partial charge < -0.3 is 9.67 Å². The van der Waals surface area contributed by atoms with Crippen molar-refractivity contribution in [1.29, 1.82) is 0 Å². The van der Waals surface area contributed by atoms with Gasteiger partial charge in [0.2, 0.25) is 0 Å². The van der Waals surface area contributed by atoms with Crippen molar-refractivity contribution in [2.45, 2.75) is 25.9 Å². The predicted octanol–water partition coefficient (Wildman–Crippen LogP) is 3.13. The average Bonchev–Trinajstić information content (AvgIpc) is 2.85. The van der Waals surface area contributed by atoms with Crippen LogP contribution in [0.15, 0.2) is 48.8 Å². The van der Waals surface area contributed by atoms with E-state index in [1.165, 1.54) is 0 Å². The second kappa shape index (κ2) is 7.03. The Labute approximate surface area is 145 Å². The van der Waals surface area contributed by atoms with Crippen molar-refractivity contribution < 1.29 is 9.90 Å². The van der Waals surface area contributed by atoms with Gasteiger partial charge in [-0.05, 0) is 42.0 Å². The quantitative estimate of drug-likeness (QED) is 0.675. The Bertz CT molecular complexity index is 861. The summed E-state index contributed by atoms with van der Waals surface area (Å²) in [4.78, 5) is 17.8. The van der Waals surface area contributed by atoms with Crippen molar-refractivity contribution in [2.24, 2.45) is 0 Å². The van der Waals surface area contributed by atoms with Crippen LogP contribution < -0.4 is 4.84 Å². The van der Waals surface area contributed by atoms with Gasteiger partial charge in [0.05, 0.1) is 0 Å². The number of nitrogens with zero attached hydrogens (tertiary/aromatic N) is 2. The molecule has 1 atom stereocenters. The summed E-state index contributed by atoms with van der Waals surface area (Å²) in [6.45, 7) is 2.70. The Hall–Kier alpha value is -2.37. The van der Waals surface area contributed by atoms with Gasteiger partial charge in [0.15, 0.2) is 0 Å². The first-order valence-corrected chi connectivity index (χ1v) is 8.04. The number of aliphatic carboxylic acids is 1. The van der Waals surface area contributed by atoms with E-state index in [0.29, 0.717) is 13.0 Å². The van der Waals surface area contributed by atoms with Gasteiger partial charge in [-0.2, -0.15) is 0 Å². The lowest BCUT2D eigenvalue weighted by Crippen LogP contribution is -2.32. The molecule has 3 rings (SSSR count). The molecule has 24 heavy (non-hydrogen) atoms. The Kier molecular flexibility index (Phi) is 4.83. The second-order valence-electron chi connectivity index (χ2n) is 5.73. The summed E-state index contributed by atoms with van der Waals surface area (Å²) < 4.78 is 2.19. The first-order chi connectivity index (χ1) is 11.6. The molecule has 3 aromatic rings. The van der Waals surface area contributed by atoms with Crippen LogP contribution in [0.3, 0.4) is 0 Å². The largest absolute Gasteiger partial charge is 0.480 e. The number of hydrogen-bond acceptors (Lipinski definition) is 3. The lowest BCUT2D eigenvalue weighted by atomic mass is 10.0. The highest BCUT2D eigenvalue weighted by molar-refractivity contribution is 6.14. The molecule has 5 nitrogen and oxygen atoms in total. The van der Waals surface area contributed by atoms with Crippen LogP contribution in [-0.2, 0) is 17.8 Å². The third-order valence-electron chi connectivity index (χ3n) is 4.26. The van der Waals surface area contributed by atoms with Gasteiger partial charge in [0, 0.05) is 42.0 Å². The molecule has 0 fully saturated rings. The summed E-state index contributed by atoms with van der Waals surface area (Å²) in [5, 5.41) is 10.3. The smallest absolute Gasteiger partial charge is 0.322 e. The normalized spacial score (nSPS) is 12.4. The van der Waals surface area contributed by atoms with Crippen molar-refractivity contribution in [3.05, 3.63) is 65.6 Å². The fraction of sp³-hybridized carbons (Fsp3) is 0.222. The van der Waals surface area contributed by atoms with Crippen molar-refractivity contribution in [3.63, 3.8) is 0 Å². The highest BCUT2D eigenvalue weighted by Gasteiger charge is 2.22. The van der Waals surface area contributed by atoms with E-state index in [1.807, 2.05) is 49.5 Å². The minimum atomic E-state index is -0.964. The molecule has 2 N–H and O–H groups in total. The SMILES string of the molecule is Cc1c(C[C@H](NCl)C(=O)O)c2ccccc2n1Cc1cccnc1. The molecule has 0 amide bonds. The van der Waals surface area contributed by atoms with Crippen LogP contribution in [0.5, 0.6) is 0 Å². The zero-order valence-corrected chi connectivity index (χ0v) is 14.0. The predicted molar refractivity (Wildman–Crippen MR) is 94.1 cm³/mol. The van der Waals surface area contributed by atoms with Crippen molar-refractivity contribution >= 4 is 28.6 Å². The number of carbonyl (C=O) groups is 1. The number of pyridine rings is 1. The Morgan fingerprint density at radius 1 is 1.33 bits per heavy atom. The van der Waals surface area contributed by atoms with Crippen LogP contribution in [0.1, 0.15) is 16.8 Å². The van der Waals surface area contributed by atoms with E-state index in [4.69, 9.17) is 11.8 Å². The maximum absolute atomic E-state index is 11.3. The lowest BCUT2D eigenvalue weighted by molar-refractivity contribution is -0.138. The maximum atomic E-state index is 11.3. The zero-order valence-electron chi connectivity index (χ0n) is 13.2. The van der Waals surface area contributed by atoms with Crippen molar-refractivity contribution in [3.8, 4) is 0 Å². The number of fused-ring (bicyclic) bond motifs is 1. The number of aromatic nitrogens is 2. The Morgan fingerprint density at radius 2 is 2.12 bits per heavy atom. The Balaban J connectivity index is 2.07. The minimum absolute atomic E-state index is 0.325. The number of carboxylic acid groups (broad SMARTS) is 1. The number of halogens is 1. The number of carboxylic acids is 1. The molecule has 0 saturated heterocycles. The molecule has 124 valence electrons. The molecule has 0 spiro atoms. The van der Waals surface area contributed by atoms with E-state index in [1.54, 1.807) is 6.20 Å². The molecule has 0 bridgehead atoms. The van der Waals surface area contributed by atoms with E-state index in [2.05, 4.69) is 14.4 Å². The Morgan fingerprint density at radius 3 is 2.79 bits per heavy atom. The summed E-state index contributed by atoms with van der Waals surface area (Å²) in [5.74, 6) is -0.964. The number of nitrogens with one attached hydrogen (secondary N) is 1. The lowest BCUT2D eigenvalue weighted by Gasteiger charge is -2.11. The minimum Gasteiger partial charge on any atom is -0.480 e. The van der Waals surface area contributed by atoms with E-state index >= 15 is 0 Å². The van der Waals surface area contributed by atoms with Gasteiger partial charge in [-0.1, -0.05) is 24.3 Å². The van der Waals surface area contributed by atoms with Crippen molar-refractivity contribution in [2.75, 3.05) is 0 Å². The molecule has 2 aromatic heterocycles. The van der Waals surface area contributed by atoms with Gasteiger partial charge in [0.25, 0.3) is 0 Å². The number of para-hydroxylation sites is 1. The molecule has 0 aliphatic carbocycles. The molecular formula is C18H18ClN3O2. The zero-order chi connectivity index (χ0) is 17.1. The van der Waals surface area contributed by atoms with Gasteiger partial charge in [-0.3, -0.25) is 9.78 Å². The molecule has 0 radical (unpaired) electrons. The highest BCUT2D eigenvalue weighted by Crippen LogP contribution is 2.28. The van der Waals surface area contributed by atoms with Crippen LogP contribution in [-0.4, -0.2) is 26.7 Å². The topological polar surface area (TPSA) is 67.2 Å². The molecule has 1 aromatic carbocycles. The molecule has 2 heterocycles. The third kappa shape index (κ3) is 3.13. The number of benzene rings is 1. The highest BCUT2D eigenvalue weighted by atomic mass is 35.5. The molecule has 6 heteroatoms. The van der Waals surface area contributed by atoms with Gasteiger partial charge >= 0.3 is 5.97 Å². The molecule has 0 saturated carbocycles. The van der Waals surface area contributed by atoms with Crippen LogP contribution in [0.25, 0.3) is 10.9 Å². The monoisotopic (exact) mass is 343 g/mol. The second-order valence-corrected chi connectivity index (χ2v) is 5.95. The fourth-order valence-corrected chi connectivity index (χ4v) is 3.19. The van der Waals surface area contributed by atoms with Gasteiger partial charge in [0.1, 0.15) is 6.04 Å². The number of rotatable bonds is 6. The van der Waals surface area contributed by atoms with Crippen LogP contribution >= 0.6 is 11.8 Å². The fourth-order valence-electron chi connectivity index (χ4n) is 3.02. The molecule has 0 aliphatic heterocycles. The third-order valence-corrected chi connectivity index (χ3v) is 4.53. The molecule has 0 aliphatic rings. The van der Waals surface area contributed by atoms with Crippen LogP contribution in [0.2, 0.25) is 0 Å².